The van der Waals surface area contributed by atoms with Crippen molar-refractivity contribution in [3.63, 3.8) is 0 Å². The van der Waals surface area contributed by atoms with E-state index in [-0.39, 0.29) is 42.1 Å². The third-order valence-corrected chi connectivity index (χ3v) is 11.4. The Morgan fingerprint density at radius 2 is 1.84 bits per heavy atom. The summed E-state index contributed by atoms with van der Waals surface area (Å²) in [6.07, 6.45) is 5.97. The topological polar surface area (TPSA) is 138 Å². The number of hydrogen-bond donors (Lipinski definition) is 2. The van der Waals surface area contributed by atoms with Crippen LogP contribution in [0.1, 0.15) is 56.6 Å². The number of carbonyl (C=O) groups is 4. The molecule has 1 spiro atoms. The van der Waals surface area contributed by atoms with Gasteiger partial charge in [0.2, 0.25) is 17.7 Å². The number of allylic oxidation sites excluding steroid dienone is 1. The number of morpholine rings is 1. The maximum atomic E-state index is 14.7. The number of hydrogen-bond acceptors (Lipinski definition) is 9. The maximum absolute atomic E-state index is 14.7. The molecule has 7 atom stereocenters. The zero-order valence-corrected chi connectivity index (χ0v) is 31.1. The molecule has 51 heavy (non-hydrogen) atoms. The molecule has 280 valence electrons. The third kappa shape index (κ3) is 8.93. The Hall–Kier alpha value is -3.10. The number of likely N-dealkylation sites (tertiary alicyclic amines) is 1. The normalized spacial score (nSPS) is 27.5. The molecular formula is C38H53BrN4O8. The number of halogens is 1. The minimum Gasteiger partial charge on any atom is -0.455 e. The van der Waals surface area contributed by atoms with E-state index in [2.05, 4.69) is 39.3 Å². The summed E-state index contributed by atoms with van der Waals surface area (Å²) >= 11 is 3.76. The van der Waals surface area contributed by atoms with Crippen LogP contribution in [0.15, 0.2) is 55.6 Å². The molecule has 4 saturated heterocycles. The van der Waals surface area contributed by atoms with Crippen molar-refractivity contribution in [2.75, 3.05) is 65.6 Å². The number of benzene rings is 1. The first kappa shape index (κ1) is 39.1. The van der Waals surface area contributed by atoms with Crippen molar-refractivity contribution in [1.82, 2.24) is 20.0 Å². The number of aliphatic hydroxyl groups excluding tert-OH is 1. The predicted molar refractivity (Wildman–Crippen MR) is 195 cm³/mol. The van der Waals surface area contributed by atoms with E-state index in [4.69, 9.17) is 14.2 Å². The van der Waals surface area contributed by atoms with E-state index in [0.717, 1.165) is 25.9 Å². The molecule has 1 unspecified atom stereocenters. The van der Waals surface area contributed by atoms with E-state index in [1.165, 1.54) is 0 Å². The summed E-state index contributed by atoms with van der Waals surface area (Å²) in [4.78, 5) is 61.5. The van der Waals surface area contributed by atoms with Gasteiger partial charge in [-0.2, -0.15) is 0 Å². The summed E-state index contributed by atoms with van der Waals surface area (Å²) in [5, 5.41) is 12.2. The van der Waals surface area contributed by atoms with Gasteiger partial charge >= 0.3 is 5.97 Å². The summed E-state index contributed by atoms with van der Waals surface area (Å²) in [7, 11) is 0. The second kappa shape index (κ2) is 18.6. The summed E-state index contributed by atoms with van der Waals surface area (Å²) in [5.41, 5.74) is -0.513. The molecule has 1 aromatic carbocycles. The molecule has 2 bridgehead atoms. The average Bonchev–Trinajstić information content (AvgIpc) is 3.74. The number of alkyl halides is 1. The largest absolute Gasteiger partial charge is 0.455 e. The Labute approximate surface area is 309 Å². The number of ether oxygens (including phenoxy) is 3. The van der Waals surface area contributed by atoms with Gasteiger partial charge < -0.3 is 34.4 Å². The number of aliphatic hydroxyl groups is 1. The number of esters is 1. The summed E-state index contributed by atoms with van der Waals surface area (Å²) < 4.78 is 18.4. The molecule has 0 radical (unpaired) electrons. The monoisotopic (exact) mass is 772 g/mol. The maximum Gasteiger partial charge on any atom is 0.313 e. The lowest BCUT2D eigenvalue weighted by Gasteiger charge is -2.38. The fraction of sp³-hybridized carbons (Fsp3) is 0.632. The Bertz CT molecular complexity index is 1380. The fourth-order valence-electron chi connectivity index (χ4n) is 8.02. The highest BCUT2D eigenvalue weighted by atomic mass is 79.9. The van der Waals surface area contributed by atoms with Gasteiger partial charge in [0, 0.05) is 57.1 Å². The highest BCUT2D eigenvalue weighted by Gasteiger charge is 2.77. The van der Waals surface area contributed by atoms with Crippen LogP contribution in [0.2, 0.25) is 0 Å². The minimum atomic E-state index is -1.22. The van der Waals surface area contributed by atoms with Crippen LogP contribution in [0.5, 0.6) is 0 Å². The molecule has 12 nitrogen and oxygen atoms in total. The van der Waals surface area contributed by atoms with Crippen molar-refractivity contribution in [3.8, 4) is 0 Å². The zero-order chi connectivity index (χ0) is 36.4. The number of carbonyl (C=O) groups excluding carboxylic acids is 4. The van der Waals surface area contributed by atoms with Crippen molar-refractivity contribution in [3.05, 3.63) is 61.2 Å². The Morgan fingerprint density at radius 1 is 1.10 bits per heavy atom. The van der Waals surface area contributed by atoms with Crippen LogP contribution in [0.3, 0.4) is 0 Å². The van der Waals surface area contributed by atoms with Crippen molar-refractivity contribution < 1.29 is 38.5 Å². The molecular weight excluding hydrogens is 720 g/mol. The van der Waals surface area contributed by atoms with Crippen LogP contribution in [0, 0.1) is 11.8 Å². The molecule has 0 aliphatic carbocycles. The summed E-state index contributed by atoms with van der Waals surface area (Å²) in [5.74, 6) is -3.12. The first-order valence-corrected chi connectivity index (χ1v) is 19.2. The van der Waals surface area contributed by atoms with Gasteiger partial charge in [-0.3, -0.25) is 24.1 Å². The van der Waals surface area contributed by atoms with Gasteiger partial charge in [-0.25, -0.2) is 0 Å². The van der Waals surface area contributed by atoms with E-state index >= 15 is 0 Å². The number of unbranched alkanes of at least 4 members (excludes halogenated alkanes) is 3. The van der Waals surface area contributed by atoms with Crippen molar-refractivity contribution in [2.45, 2.75) is 73.6 Å². The number of nitrogens with zero attached hydrogens (tertiary/aromatic N) is 3. The van der Waals surface area contributed by atoms with Crippen molar-refractivity contribution >= 4 is 39.6 Å². The SMILES string of the molecule is C=CCCC(=O)NC[C@H](OC(=O)[C@H]1[C@@H]2O[C@@]3(CC2Br)[C@@H]1C(=O)N(CCCCCCO)[C@@H]3C(=O)N(CC=C)CCN1CCOCC1)c1ccccc1. The van der Waals surface area contributed by atoms with Gasteiger partial charge in [0.1, 0.15) is 17.7 Å². The highest BCUT2D eigenvalue weighted by Crippen LogP contribution is 2.60. The molecule has 4 aliphatic rings. The van der Waals surface area contributed by atoms with Crippen LogP contribution in [-0.2, 0) is 33.4 Å². The summed E-state index contributed by atoms with van der Waals surface area (Å²) in [6, 6.07) is 8.27. The van der Waals surface area contributed by atoms with Gasteiger partial charge in [0.25, 0.3) is 0 Å². The van der Waals surface area contributed by atoms with Gasteiger partial charge in [0.05, 0.1) is 37.7 Å². The van der Waals surface area contributed by atoms with Gasteiger partial charge in [-0.05, 0) is 31.2 Å². The van der Waals surface area contributed by atoms with Crippen LogP contribution in [0.4, 0.5) is 0 Å². The van der Waals surface area contributed by atoms with Crippen molar-refractivity contribution in [2.24, 2.45) is 11.8 Å². The first-order chi connectivity index (χ1) is 24.7. The van der Waals surface area contributed by atoms with Gasteiger partial charge in [-0.1, -0.05) is 71.3 Å². The van der Waals surface area contributed by atoms with Crippen molar-refractivity contribution in [1.29, 1.82) is 0 Å². The second-order valence-electron chi connectivity index (χ2n) is 13.8. The number of fused-ring (bicyclic) bond motifs is 1. The molecule has 0 aromatic heterocycles. The lowest BCUT2D eigenvalue weighted by Crippen LogP contribution is -2.57. The number of nitrogens with one attached hydrogen (secondary N) is 1. The number of amides is 3. The van der Waals surface area contributed by atoms with E-state index in [9.17, 15) is 24.3 Å². The first-order valence-electron chi connectivity index (χ1n) is 18.3. The minimum absolute atomic E-state index is 0.0617. The number of rotatable bonds is 20. The van der Waals surface area contributed by atoms with Crippen LogP contribution < -0.4 is 5.32 Å². The second-order valence-corrected chi connectivity index (χ2v) is 15.0. The highest BCUT2D eigenvalue weighted by molar-refractivity contribution is 9.09. The van der Waals surface area contributed by atoms with E-state index in [1.807, 2.05) is 30.3 Å². The molecule has 3 amide bonds. The molecule has 13 heteroatoms. The molecule has 0 saturated carbocycles. The van der Waals surface area contributed by atoms with E-state index in [1.54, 1.807) is 22.0 Å². The smallest absolute Gasteiger partial charge is 0.313 e. The average molecular weight is 774 g/mol. The molecule has 4 aliphatic heterocycles. The lowest BCUT2D eigenvalue weighted by atomic mass is 9.70. The van der Waals surface area contributed by atoms with Gasteiger partial charge in [-0.15, -0.1) is 13.2 Å². The lowest BCUT2D eigenvalue weighted by molar-refractivity contribution is -0.160. The predicted octanol–water partition coefficient (Wildman–Crippen LogP) is 3.00. The quantitative estimate of drug-likeness (QED) is 0.0888. The van der Waals surface area contributed by atoms with Gasteiger partial charge in [0.15, 0.2) is 0 Å². The molecule has 4 heterocycles. The van der Waals surface area contributed by atoms with Crippen LogP contribution in [0.25, 0.3) is 0 Å². The Kier molecular flexibility index (Phi) is 14.3. The molecule has 4 fully saturated rings. The molecule has 5 rings (SSSR count). The molecule has 1 aromatic rings. The van der Waals surface area contributed by atoms with E-state index < -0.39 is 41.7 Å². The van der Waals surface area contributed by atoms with Crippen LogP contribution in [-0.4, -0.2) is 132 Å². The third-order valence-electron chi connectivity index (χ3n) is 10.5. The zero-order valence-electron chi connectivity index (χ0n) is 29.5. The van der Waals surface area contributed by atoms with E-state index in [0.29, 0.717) is 70.6 Å². The fourth-order valence-corrected chi connectivity index (χ4v) is 8.96. The summed E-state index contributed by atoms with van der Waals surface area (Å²) in [6.45, 7) is 12.4. The standard InChI is InChI=1S/C38H53BrN4O8/c1-3-5-15-30(45)40-26-29(27-13-9-8-10-14-27)50-37(48)31-32-35(46)43(17-11-6-7-12-22-44)34(38(32)25-28(39)33(31)51-38)36(47)42(16-4-2)19-18-41-20-23-49-24-21-41/h3-4,8-10,13-14,28-29,31-34,44H,1-2,5-7,11-12,15-26H2,(H,40,45)/t28?,29-,31+,32-,33+,34+,38-/m0/s1. The Balaban J connectivity index is 1.41. The molecule has 2 N–H and O–H groups in total. The van der Waals surface area contributed by atoms with Crippen LogP contribution >= 0.6 is 15.9 Å². The Morgan fingerprint density at radius 3 is 2.55 bits per heavy atom.